The average Bonchev–Trinajstić information content (AvgIpc) is 3.19. The number of benzene rings is 1. The van der Waals surface area contributed by atoms with Crippen LogP contribution in [0, 0.1) is 26.7 Å². The minimum Gasteiger partial charge on any atom is -0.378 e. The summed E-state index contributed by atoms with van der Waals surface area (Å²) in [4.78, 5) is 27.9. The van der Waals surface area contributed by atoms with Gasteiger partial charge in [-0.3, -0.25) is 9.59 Å². The van der Waals surface area contributed by atoms with E-state index in [0.717, 1.165) is 0 Å². The third kappa shape index (κ3) is 4.73. The Labute approximate surface area is 199 Å². The van der Waals surface area contributed by atoms with Gasteiger partial charge in [-0.05, 0) is 51.3 Å². The lowest BCUT2D eigenvalue weighted by atomic mass is 9.98. The van der Waals surface area contributed by atoms with Crippen LogP contribution < -0.4 is 5.32 Å². The van der Waals surface area contributed by atoms with Crippen molar-refractivity contribution in [3.05, 3.63) is 40.8 Å². The van der Waals surface area contributed by atoms with E-state index in [4.69, 9.17) is 9.26 Å². The summed E-state index contributed by atoms with van der Waals surface area (Å²) in [5, 5.41) is 6.68. The standard InChI is InChI=1S/C23H30N4O6S/c1-15-19(23(29)26-10-12-32-13-11-26)7-4-8-20(15)24-22(28)18-6-5-9-27(14-18)34(30,31)21-16(2)25-33-17(21)3/h4,7-8,18H,5-6,9-14H2,1-3H3,(H,24,28). The molecular weight excluding hydrogens is 460 g/mol. The summed E-state index contributed by atoms with van der Waals surface area (Å²) in [5.74, 6) is -0.632. The average molecular weight is 491 g/mol. The summed E-state index contributed by atoms with van der Waals surface area (Å²) < 4.78 is 38.1. The van der Waals surface area contributed by atoms with Gasteiger partial charge in [-0.1, -0.05) is 11.2 Å². The van der Waals surface area contributed by atoms with Crippen LogP contribution in [0.4, 0.5) is 5.69 Å². The number of aryl methyl sites for hydroxylation is 2. The molecule has 0 aliphatic carbocycles. The van der Waals surface area contributed by atoms with E-state index < -0.39 is 15.9 Å². The molecule has 2 fully saturated rings. The van der Waals surface area contributed by atoms with E-state index in [0.29, 0.717) is 68.2 Å². The Hall–Kier alpha value is -2.76. The van der Waals surface area contributed by atoms with Crippen LogP contribution in [0.15, 0.2) is 27.6 Å². The lowest BCUT2D eigenvalue weighted by Gasteiger charge is -2.31. The van der Waals surface area contributed by atoms with Crippen LogP contribution >= 0.6 is 0 Å². The van der Waals surface area contributed by atoms with E-state index in [2.05, 4.69) is 10.5 Å². The first-order chi connectivity index (χ1) is 16.2. The third-order valence-electron chi connectivity index (χ3n) is 6.44. The Morgan fingerprint density at radius 3 is 2.53 bits per heavy atom. The monoisotopic (exact) mass is 490 g/mol. The normalized spacial score (nSPS) is 19.7. The summed E-state index contributed by atoms with van der Waals surface area (Å²) >= 11 is 0. The van der Waals surface area contributed by atoms with E-state index in [1.54, 1.807) is 43.9 Å². The van der Waals surface area contributed by atoms with Crippen LogP contribution in [0.3, 0.4) is 0 Å². The molecule has 0 radical (unpaired) electrons. The number of carbonyl (C=O) groups is 2. The van der Waals surface area contributed by atoms with Gasteiger partial charge in [0.15, 0.2) is 5.76 Å². The van der Waals surface area contributed by atoms with Gasteiger partial charge in [0.05, 0.1) is 19.1 Å². The zero-order chi connectivity index (χ0) is 24.5. The van der Waals surface area contributed by atoms with Crippen LogP contribution in [-0.2, 0) is 19.6 Å². The van der Waals surface area contributed by atoms with Crippen molar-refractivity contribution in [2.45, 2.75) is 38.5 Å². The number of sulfonamides is 1. The van der Waals surface area contributed by atoms with Crippen molar-refractivity contribution in [1.82, 2.24) is 14.4 Å². The molecule has 0 saturated carbocycles. The number of morpholine rings is 1. The van der Waals surface area contributed by atoms with Gasteiger partial charge in [-0.25, -0.2) is 8.42 Å². The molecule has 1 unspecified atom stereocenters. The number of amides is 2. The second-order valence-corrected chi connectivity index (χ2v) is 10.6. The first-order valence-corrected chi connectivity index (χ1v) is 12.8. The lowest BCUT2D eigenvalue weighted by molar-refractivity contribution is -0.120. The van der Waals surface area contributed by atoms with Crippen molar-refractivity contribution >= 4 is 27.5 Å². The summed E-state index contributed by atoms with van der Waals surface area (Å²) in [5.41, 5.74) is 2.07. The number of carbonyl (C=O) groups excluding carboxylic acids is 2. The number of ether oxygens (including phenoxy) is 1. The second kappa shape index (κ2) is 9.85. The fourth-order valence-corrected chi connectivity index (χ4v) is 6.34. The zero-order valence-corrected chi connectivity index (χ0v) is 20.5. The molecule has 4 rings (SSSR count). The predicted molar refractivity (Wildman–Crippen MR) is 124 cm³/mol. The highest BCUT2D eigenvalue weighted by atomic mass is 32.2. The van der Waals surface area contributed by atoms with Crippen LogP contribution in [0.2, 0.25) is 0 Å². The Balaban J connectivity index is 1.48. The van der Waals surface area contributed by atoms with Crippen LogP contribution in [0.25, 0.3) is 0 Å². The molecule has 3 heterocycles. The highest BCUT2D eigenvalue weighted by molar-refractivity contribution is 7.89. The molecular formula is C23H30N4O6S. The van der Waals surface area contributed by atoms with Gasteiger partial charge in [-0.15, -0.1) is 0 Å². The van der Waals surface area contributed by atoms with Gasteiger partial charge in [0.1, 0.15) is 10.6 Å². The van der Waals surface area contributed by atoms with Crippen molar-refractivity contribution in [3.63, 3.8) is 0 Å². The fourth-order valence-electron chi connectivity index (χ4n) is 4.52. The SMILES string of the molecule is Cc1noc(C)c1S(=O)(=O)N1CCCC(C(=O)Nc2cccc(C(=O)N3CCOCC3)c2C)C1. The first-order valence-electron chi connectivity index (χ1n) is 11.4. The number of piperidine rings is 1. The topological polar surface area (TPSA) is 122 Å². The number of nitrogens with one attached hydrogen (secondary N) is 1. The van der Waals surface area contributed by atoms with Gasteiger partial charge in [0.2, 0.25) is 15.9 Å². The first kappa shape index (κ1) is 24.4. The van der Waals surface area contributed by atoms with E-state index in [9.17, 15) is 18.0 Å². The minimum atomic E-state index is -3.82. The summed E-state index contributed by atoms with van der Waals surface area (Å²) in [7, 11) is -3.82. The summed E-state index contributed by atoms with van der Waals surface area (Å²) in [6.45, 7) is 7.45. The Morgan fingerprint density at radius 2 is 1.85 bits per heavy atom. The molecule has 1 aromatic heterocycles. The molecule has 2 aromatic rings. The van der Waals surface area contributed by atoms with Gasteiger partial charge < -0.3 is 19.5 Å². The van der Waals surface area contributed by atoms with Crippen molar-refractivity contribution in [2.75, 3.05) is 44.7 Å². The zero-order valence-electron chi connectivity index (χ0n) is 19.7. The number of hydrogen-bond acceptors (Lipinski definition) is 7. The predicted octanol–water partition coefficient (Wildman–Crippen LogP) is 2.11. The fraction of sp³-hybridized carbons (Fsp3) is 0.522. The quantitative estimate of drug-likeness (QED) is 0.681. The van der Waals surface area contributed by atoms with Crippen molar-refractivity contribution in [3.8, 4) is 0 Å². The van der Waals surface area contributed by atoms with E-state index in [1.165, 1.54) is 4.31 Å². The number of hydrogen-bond donors (Lipinski definition) is 1. The van der Waals surface area contributed by atoms with Gasteiger partial charge in [-0.2, -0.15) is 4.31 Å². The third-order valence-corrected chi connectivity index (χ3v) is 8.55. The van der Waals surface area contributed by atoms with E-state index >= 15 is 0 Å². The number of rotatable bonds is 5. The Morgan fingerprint density at radius 1 is 1.12 bits per heavy atom. The largest absolute Gasteiger partial charge is 0.378 e. The van der Waals surface area contributed by atoms with Crippen molar-refractivity contribution in [1.29, 1.82) is 0 Å². The molecule has 2 aliphatic rings. The highest BCUT2D eigenvalue weighted by Crippen LogP contribution is 2.29. The van der Waals surface area contributed by atoms with Crippen LogP contribution in [-0.4, -0.2) is 74.0 Å². The summed E-state index contributed by atoms with van der Waals surface area (Å²) in [6, 6.07) is 5.25. The number of nitrogens with zero attached hydrogens (tertiary/aromatic N) is 3. The highest BCUT2D eigenvalue weighted by Gasteiger charge is 2.36. The van der Waals surface area contributed by atoms with E-state index in [1.807, 2.05) is 0 Å². The molecule has 1 atom stereocenters. The van der Waals surface area contributed by atoms with Crippen LogP contribution in [0.1, 0.15) is 40.2 Å². The van der Waals surface area contributed by atoms with Gasteiger partial charge >= 0.3 is 0 Å². The molecule has 1 N–H and O–H groups in total. The molecule has 2 aliphatic heterocycles. The van der Waals surface area contributed by atoms with Gasteiger partial charge in [0.25, 0.3) is 5.91 Å². The Bertz CT molecular complexity index is 1170. The number of aromatic nitrogens is 1. The maximum absolute atomic E-state index is 13.2. The molecule has 184 valence electrons. The molecule has 0 spiro atoms. The molecule has 0 bridgehead atoms. The minimum absolute atomic E-state index is 0.0683. The van der Waals surface area contributed by atoms with Crippen molar-refractivity contribution in [2.24, 2.45) is 5.92 Å². The smallest absolute Gasteiger partial charge is 0.254 e. The molecule has 2 saturated heterocycles. The molecule has 10 nitrogen and oxygen atoms in total. The Kier molecular flexibility index (Phi) is 7.06. The molecule has 34 heavy (non-hydrogen) atoms. The van der Waals surface area contributed by atoms with Crippen molar-refractivity contribution < 1.29 is 27.3 Å². The molecule has 11 heteroatoms. The lowest BCUT2D eigenvalue weighted by Crippen LogP contribution is -2.44. The molecule has 1 aromatic carbocycles. The van der Waals surface area contributed by atoms with E-state index in [-0.39, 0.29) is 29.0 Å². The van der Waals surface area contributed by atoms with Gasteiger partial charge in [0, 0.05) is 37.4 Å². The molecule has 2 amide bonds. The maximum Gasteiger partial charge on any atom is 0.254 e. The summed E-state index contributed by atoms with van der Waals surface area (Å²) in [6.07, 6.45) is 1.14. The van der Waals surface area contributed by atoms with Crippen LogP contribution in [0.5, 0.6) is 0 Å². The second-order valence-electron chi connectivity index (χ2n) is 8.73. The maximum atomic E-state index is 13.2. The number of anilines is 1.